The largest absolute Gasteiger partial charge is 0.483 e. The van der Waals surface area contributed by atoms with Gasteiger partial charge in [-0.05, 0) is 77.2 Å². The van der Waals surface area contributed by atoms with Crippen LogP contribution in [0.4, 0.5) is 5.69 Å². The second-order valence-electron chi connectivity index (χ2n) is 5.96. The summed E-state index contributed by atoms with van der Waals surface area (Å²) in [4.78, 5) is 14.2. The smallest absolute Gasteiger partial charge is 0.264 e. The molecule has 3 rings (SSSR count). The third kappa shape index (κ3) is 4.38. The lowest BCUT2D eigenvalue weighted by atomic mass is 10.0. The summed E-state index contributed by atoms with van der Waals surface area (Å²) in [6.45, 7) is 2.72. The maximum atomic E-state index is 12.2. The molecule has 0 spiro atoms. The zero-order valence-electron chi connectivity index (χ0n) is 13.9. The van der Waals surface area contributed by atoms with Crippen LogP contribution in [-0.4, -0.2) is 24.2 Å². The van der Waals surface area contributed by atoms with E-state index >= 15 is 0 Å². The van der Waals surface area contributed by atoms with Gasteiger partial charge >= 0.3 is 0 Å². The Hall–Kier alpha value is -1.92. The number of nitrogens with one attached hydrogen (secondary N) is 1. The Kier molecular flexibility index (Phi) is 5.71. The highest BCUT2D eigenvalue weighted by atomic mass is 79.9. The first-order valence-corrected chi connectivity index (χ1v) is 9.33. The van der Waals surface area contributed by atoms with Gasteiger partial charge in [-0.25, -0.2) is 0 Å². The van der Waals surface area contributed by atoms with Gasteiger partial charge in [0.15, 0.2) is 11.7 Å². The third-order valence-corrected chi connectivity index (χ3v) is 4.99. The lowest BCUT2D eigenvalue weighted by Gasteiger charge is -2.31. The molecule has 0 radical (unpaired) electrons. The number of carbonyl (C=O) groups excluding carboxylic acids is 1. The number of thiocarbonyl (C=S) groups is 1. The summed E-state index contributed by atoms with van der Waals surface area (Å²) in [6, 6.07) is 13.9. The predicted molar refractivity (Wildman–Crippen MR) is 107 cm³/mol. The summed E-state index contributed by atoms with van der Waals surface area (Å²) < 4.78 is 6.40. The molecule has 1 N–H and O–H groups in total. The molecular formula is C19H19BrN2O2S. The van der Waals surface area contributed by atoms with Gasteiger partial charge in [-0.2, -0.15) is 0 Å². The molecule has 1 amide bonds. The Balaban J connectivity index is 1.59. The Labute approximate surface area is 161 Å². The van der Waals surface area contributed by atoms with E-state index in [-0.39, 0.29) is 12.5 Å². The Morgan fingerprint density at radius 3 is 2.92 bits per heavy atom. The van der Waals surface area contributed by atoms with Crippen LogP contribution in [0.15, 0.2) is 46.9 Å². The highest BCUT2D eigenvalue weighted by Gasteiger charge is 2.21. The molecule has 1 heterocycles. The van der Waals surface area contributed by atoms with Crippen LogP contribution in [-0.2, 0) is 11.2 Å². The summed E-state index contributed by atoms with van der Waals surface area (Å²) in [5.41, 5.74) is 3.44. The van der Waals surface area contributed by atoms with Crippen LogP contribution in [0.25, 0.3) is 0 Å². The standard InChI is InChI=1S/C19H19BrN2O2S/c1-13-8-9-17(15(20)11-13)24-12-18(23)21-19(25)22-10-4-6-14-5-2-3-7-16(14)22/h2-3,5,7-9,11H,4,6,10,12H2,1H3,(H,21,23,25). The minimum absolute atomic E-state index is 0.0860. The lowest BCUT2D eigenvalue weighted by molar-refractivity contribution is -0.121. The first-order chi connectivity index (χ1) is 12.0. The molecule has 4 nitrogen and oxygen atoms in total. The summed E-state index contributed by atoms with van der Waals surface area (Å²) >= 11 is 8.87. The van der Waals surface area contributed by atoms with Crippen molar-refractivity contribution in [1.29, 1.82) is 0 Å². The van der Waals surface area contributed by atoms with Gasteiger partial charge in [0.2, 0.25) is 0 Å². The van der Waals surface area contributed by atoms with Gasteiger partial charge in [0.25, 0.3) is 5.91 Å². The Morgan fingerprint density at radius 1 is 1.32 bits per heavy atom. The number of anilines is 1. The number of ether oxygens (including phenoxy) is 1. The molecule has 0 fully saturated rings. The van der Waals surface area contributed by atoms with Crippen molar-refractivity contribution in [1.82, 2.24) is 5.32 Å². The van der Waals surface area contributed by atoms with E-state index in [2.05, 4.69) is 27.3 Å². The van der Waals surface area contributed by atoms with Crippen molar-refractivity contribution < 1.29 is 9.53 Å². The molecule has 0 aliphatic carbocycles. The number of halogens is 1. The first kappa shape index (κ1) is 17.9. The lowest BCUT2D eigenvalue weighted by Crippen LogP contribution is -2.46. The summed E-state index contributed by atoms with van der Waals surface area (Å²) in [5, 5.41) is 3.19. The molecule has 1 aliphatic heterocycles. The van der Waals surface area contributed by atoms with E-state index in [9.17, 15) is 4.79 Å². The maximum absolute atomic E-state index is 12.2. The van der Waals surface area contributed by atoms with Crippen molar-refractivity contribution in [2.24, 2.45) is 0 Å². The van der Waals surface area contributed by atoms with Gasteiger partial charge < -0.3 is 9.64 Å². The normalized spacial score (nSPS) is 13.1. The van der Waals surface area contributed by atoms with E-state index in [1.165, 1.54) is 5.56 Å². The topological polar surface area (TPSA) is 41.6 Å². The molecule has 0 atom stereocenters. The third-order valence-electron chi connectivity index (χ3n) is 4.05. The fourth-order valence-corrected chi connectivity index (χ4v) is 3.74. The number of amides is 1. The molecule has 0 aromatic heterocycles. The minimum Gasteiger partial charge on any atom is -0.483 e. The number of benzene rings is 2. The van der Waals surface area contributed by atoms with Gasteiger partial charge in [-0.1, -0.05) is 24.3 Å². The van der Waals surface area contributed by atoms with Gasteiger partial charge in [-0.15, -0.1) is 0 Å². The average molecular weight is 419 g/mol. The second kappa shape index (κ2) is 7.97. The predicted octanol–water partition coefficient (Wildman–Crippen LogP) is 3.99. The van der Waals surface area contributed by atoms with Crippen LogP contribution in [0.1, 0.15) is 17.5 Å². The number of carbonyl (C=O) groups is 1. The summed E-state index contributed by atoms with van der Waals surface area (Å²) in [5.74, 6) is 0.371. The molecule has 0 saturated heterocycles. The average Bonchev–Trinajstić information content (AvgIpc) is 2.60. The fraction of sp³-hybridized carbons (Fsp3) is 0.263. The van der Waals surface area contributed by atoms with E-state index in [0.717, 1.165) is 35.1 Å². The number of hydrogen-bond donors (Lipinski definition) is 1. The van der Waals surface area contributed by atoms with Crippen molar-refractivity contribution in [2.75, 3.05) is 18.1 Å². The molecule has 2 aromatic carbocycles. The van der Waals surface area contributed by atoms with E-state index in [1.807, 2.05) is 48.2 Å². The van der Waals surface area contributed by atoms with Crippen molar-refractivity contribution in [3.8, 4) is 5.75 Å². The maximum Gasteiger partial charge on any atom is 0.264 e. The van der Waals surface area contributed by atoms with E-state index < -0.39 is 0 Å². The summed E-state index contributed by atoms with van der Waals surface area (Å²) in [7, 11) is 0. The van der Waals surface area contributed by atoms with Crippen LogP contribution in [0.3, 0.4) is 0 Å². The van der Waals surface area contributed by atoms with Gasteiger partial charge in [0.1, 0.15) is 5.75 Å². The quantitative estimate of drug-likeness (QED) is 0.764. The highest BCUT2D eigenvalue weighted by Crippen LogP contribution is 2.27. The number of fused-ring (bicyclic) bond motifs is 1. The number of rotatable bonds is 3. The first-order valence-electron chi connectivity index (χ1n) is 8.13. The van der Waals surface area contributed by atoms with Crippen LogP contribution in [0.2, 0.25) is 0 Å². The van der Waals surface area contributed by atoms with E-state index in [4.69, 9.17) is 17.0 Å². The zero-order valence-corrected chi connectivity index (χ0v) is 16.3. The van der Waals surface area contributed by atoms with E-state index in [0.29, 0.717) is 10.9 Å². The molecule has 2 aromatic rings. The van der Waals surface area contributed by atoms with Crippen LogP contribution in [0.5, 0.6) is 5.75 Å². The van der Waals surface area contributed by atoms with Crippen molar-refractivity contribution >= 4 is 44.9 Å². The highest BCUT2D eigenvalue weighted by molar-refractivity contribution is 9.10. The molecule has 6 heteroatoms. The monoisotopic (exact) mass is 418 g/mol. The van der Waals surface area contributed by atoms with Crippen LogP contribution >= 0.6 is 28.1 Å². The number of para-hydroxylation sites is 1. The Morgan fingerprint density at radius 2 is 2.12 bits per heavy atom. The minimum atomic E-state index is -0.263. The molecule has 0 unspecified atom stereocenters. The van der Waals surface area contributed by atoms with Gasteiger partial charge in [0.05, 0.1) is 4.47 Å². The number of hydrogen-bond acceptors (Lipinski definition) is 3. The Bertz CT molecular complexity index is 810. The van der Waals surface area contributed by atoms with Gasteiger partial charge in [-0.3, -0.25) is 10.1 Å². The molecular weight excluding hydrogens is 400 g/mol. The number of aryl methyl sites for hydroxylation is 2. The van der Waals surface area contributed by atoms with Crippen LogP contribution in [0, 0.1) is 6.92 Å². The van der Waals surface area contributed by atoms with Crippen molar-refractivity contribution in [3.05, 3.63) is 58.1 Å². The van der Waals surface area contributed by atoms with Gasteiger partial charge in [0, 0.05) is 12.2 Å². The molecule has 1 aliphatic rings. The number of nitrogens with zero attached hydrogens (tertiary/aromatic N) is 1. The SMILES string of the molecule is Cc1ccc(OCC(=O)NC(=S)N2CCCc3ccccc32)c(Br)c1. The van der Waals surface area contributed by atoms with Crippen molar-refractivity contribution in [3.63, 3.8) is 0 Å². The summed E-state index contributed by atoms with van der Waals surface area (Å²) in [6.07, 6.45) is 2.05. The molecule has 0 bridgehead atoms. The molecule has 130 valence electrons. The fourth-order valence-electron chi connectivity index (χ4n) is 2.83. The molecule has 25 heavy (non-hydrogen) atoms. The second-order valence-corrected chi connectivity index (χ2v) is 7.20. The van der Waals surface area contributed by atoms with Crippen molar-refractivity contribution in [2.45, 2.75) is 19.8 Å². The van der Waals surface area contributed by atoms with E-state index in [1.54, 1.807) is 0 Å². The zero-order chi connectivity index (χ0) is 17.8. The van der Waals surface area contributed by atoms with Crippen LogP contribution < -0.4 is 15.0 Å². The molecule has 0 saturated carbocycles.